The Hall–Kier alpha value is -0.590. The van der Waals surface area contributed by atoms with Crippen LogP contribution in [0.4, 0.5) is 0 Å². The normalized spacial score (nSPS) is 14.4. The Labute approximate surface area is 70.2 Å². The fourth-order valence-electron chi connectivity index (χ4n) is 0.826. The molecule has 0 aromatic heterocycles. The van der Waals surface area contributed by atoms with E-state index >= 15 is 0 Å². The van der Waals surface area contributed by atoms with Crippen molar-refractivity contribution in [3.63, 3.8) is 0 Å². The molecule has 0 saturated carbocycles. The highest BCUT2D eigenvalue weighted by Gasteiger charge is 1.98. The Morgan fingerprint density at radius 1 is 1.45 bits per heavy atom. The molecule has 0 aliphatic heterocycles. The fourth-order valence-corrected chi connectivity index (χ4v) is 0.826. The number of hydrogen-bond acceptors (Lipinski definition) is 1. The van der Waals surface area contributed by atoms with Crippen LogP contribution in [0.5, 0.6) is 0 Å². The molecule has 0 radical (unpaired) electrons. The van der Waals surface area contributed by atoms with Crippen molar-refractivity contribution in [3.05, 3.63) is 11.8 Å². The van der Waals surface area contributed by atoms with Gasteiger partial charge < -0.3 is 0 Å². The molecule has 0 unspecified atom stereocenters. The standard InChI is InChI=1S/C10H19N/c1-6-9(5)11-10(7-2)8(3)4/h7-8H,6H2,1-5H3/b10-7-,11-9?. The van der Waals surface area contributed by atoms with Crippen LogP contribution in [-0.2, 0) is 0 Å². The van der Waals surface area contributed by atoms with Crippen LogP contribution in [0.2, 0.25) is 0 Å². The van der Waals surface area contributed by atoms with E-state index in [1.54, 1.807) is 0 Å². The van der Waals surface area contributed by atoms with Gasteiger partial charge in [0.25, 0.3) is 0 Å². The van der Waals surface area contributed by atoms with Gasteiger partial charge in [0.2, 0.25) is 0 Å². The van der Waals surface area contributed by atoms with Crippen LogP contribution in [0.1, 0.15) is 41.0 Å². The largest absolute Gasteiger partial charge is 0.263 e. The van der Waals surface area contributed by atoms with Crippen molar-refractivity contribution >= 4 is 5.71 Å². The molecule has 0 amide bonds. The fraction of sp³-hybridized carbons (Fsp3) is 0.700. The van der Waals surface area contributed by atoms with Crippen molar-refractivity contribution in [2.24, 2.45) is 10.9 Å². The van der Waals surface area contributed by atoms with Crippen molar-refractivity contribution in [2.45, 2.75) is 41.0 Å². The smallest absolute Gasteiger partial charge is 0.0385 e. The van der Waals surface area contributed by atoms with Crippen LogP contribution in [0.25, 0.3) is 0 Å². The zero-order valence-electron chi connectivity index (χ0n) is 8.31. The lowest BCUT2D eigenvalue weighted by Gasteiger charge is -2.05. The van der Waals surface area contributed by atoms with E-state index in [0.717, 1.165) is 6.42 Å². The third-order valence-corrected chi connectivity index (χ3v) is 1.72. The zero-order chi connectivity index (χ0) is 8.85. The summed E-state index contributed by atoms with van der Waals surface area (Å²) < 4.78 is 0. The lowest BCUT2D eigenvalue weighted by atomic mass is 10.1. The first-order valence-corrected chi connectivity index (χ1v) is 4.32. The van der Waals surface area contributed by atoms with E-state index in [1.165, 1.54) is 11.4 Å². The van der Waals surface area contributed by atoms with E-state index in [2.05, 4.69) is 38.8 Å². The summed E-state index contributed by atoms with van der Waals surface area (Å²) >= 11 is 0. The molecule has 0 spiro atoms. The third kappa shape index (κ3) is 3.97. The van der Waals surface area contributed by atoms with Gasteiger partial charge in [-0.15, -0.1) is 0 Å². The molecule has 0 N–H and O–H groups in total. The van der Waals surface area contributed by atoms with Crippen molar-refractivity contribution in [1.82, 2.24) is 0 Å². The predicted molar refractivity (Wildman–Crippen MR) is 52.0 cm³/mol. The SMILES string of the molecule is C/C=C(\N=C(C)CC)C(C)C. The maximum Gasteiger partial charge on any atom is 0.0385 e. The van der Waals surface area contributed by atoms with Crippen molar-refractivity contribution in [2.75, 3.05) is 0 Å². The van der Waals surface area contributed by atoms with Gasteiger partial charge in [-0.25, -0.2) is 0 Å². The highest BCUT2D eigenvalue weighted by molar-refractivity contribution is 5.82. The molecule has 0 atom stereocenters. The summed E-state index contributed by atoms with van der Waals surface area (Å²) in [5.41, 5.74) is 2.41. The van der Waals surface area contributed by atoms with Gasteiger partial charge in [0.1, 0.15) is 0 Å². The average Bonchev–Trinajstić information content (AvgIpc) is 1.99. The van der Waals surface area contributed by atoms with Crippen molar-refractivity contribution < 1.29 is 0 Å². The number of hydrogen-bond donors (Lipinski definition) is 0. The van der Waals surface area contributed by atoms with Crippen molar-refractivity contribution in [3.8, 4) is 0 Å². The van der Waals surface area contributed by atoms with E-state index in [9.17, 15) is 0 Å². The van der Waals surface area contributed by atoms with E-state index in [-0.39, 0.29) is 0 Å². The minimum atomic E-state index is 0.543. The summed E-state index contributed by atoms with van der Waals surface area (Å²) in [6, 6.07) is 0. The van der Waals surface area contributed by atoms with E-state index in [4.69, 9.17) is 0 Å². The molecule has 0 aliphatic rings. The molecular formula is C10H19N. The van der Waals surface area contributed by atoms with E-state index in [1.807, 2.05) is 6.92 Å². The van der Waals surface area contributed by atoms with Gasteiger partial charge in [0, 0.05) is 11.4 Å². The van der Waals surface area contributed by atoms with Crippen LogP contribution in [0.3, 0.4) is 0 Å². The topological polar surface area (TPSA) is 12.4 Å². The minimum Gasteiger partial charge on any atom is -0.263 e. The Bertz CT molecular complexity index is 164. The minimum absolute atomic E-state index is 0.543. The molecule has 0 saturated heterocycles. The summed E-state index contributed by atoms with van der Waals surface area (Å²) in [6.07, 6.45) is 3.13. The van der Waals surface area contributed by atoms with E-state index < -0.39 is 0 Å². The van der Waals surface area contributed by atoms with Gasteiger partial charge in [-0.1, -0.05) is 26.8 Å². The first-order valence-electron chi connectivity index (χ1n) is 4.32. The summed E-state index contributed by atoms with van der Waals surface area (Å²) in [5, 5.41) is 0. The van der Waals surface area contributed by atoms with Crippen LogP contribution in [0, 0.1) is 5.92 Å². The second kappa shape index (κ2) is 5.11. The maximum absolute atomic E-state index is 4.49. The molecule has 0 aliphatic carbocycles. The molecule has 0 heterocycles. The third-order valence-electron chi connectivity index (χ3n) is 1.72. The van der Waals surface area contributed by atoms with Gasteiger partial charge in [0.15, 0.2) is 0 Å². The van der Waals surface area contributed by atoms with Gasteiger partial charge >= 0.3 is 0 Å². The Morgan fingerprint density at radius 2 is 2.00 bits per heavy atom. The van der Waals surface area contributed by atoms with E-state index in [0.29, 0.717) is 5.92 Å². The lowest BCUT2D eigenvalue weighted by molar-refractivity contribution is 0.754. The summed E-state index contributed by atoms with van der Waals surface area (Å²) in [6.45, 7) is 10.6. The quantitative estimate of drug-likeness (QED) is 0.551. The average molecular weight is 153 g/mol. The number of rotatable bonds is 3. The maximum atomic E-state index is 4.49. The monoisotopic (exact) mass is 153 g/mol. The molecule has 0 aromatic carbocycles. The summed E-state index contributed by atoms with van der Waals surface area (Å²) in [4.78, 5) is 4.49. The zero-order valence-corrected chi connectivity index (χ0v) is 8.31. The highest BCUT2D eigenvalue weighted by Crippen LogP contribution is 2.11. The molecule has 0 aromatic rings. The van der Waals surface area contributed by atoms with Crippen LogP contribution in [0.15, 0.2) is 16.8 Å². The Morgan fingerprint density at radius 3 is 2.27 bits per heavy atom. The molecule has 0 rings (SSSR count). The predicted octanol–water partition coefficient (Wildman–Crippen LogP) is 3.42. The van der Waals surface area contributed by atoms with Gasteiger partial charge in [-0.3, -0.25) is 4.99 Å². The van der Waals surface area contributed by atoms with Gasteiger partial charge in [-0.2, -0.15) is 0 Å². The summed E-state index contributed by atoms with van der Waals surface area (Å²) in [7, 11) is 0. The van der Waals surface area contributed by atoms with Crippen molar-refractivity contribution in [1.29, 1.82) is 0 Å². The number of nitrogens with zero attached hydrogens (tertiary/aromatic N) is 1. The number of aliphatic imine (C=N–C) groups is 1. The molecule has 64 valence electrons. The molecule has 0 fully saturated rings. The first-order chi connectivity index (χ1) is 5.11. The molecule has 0 bridgehead atoms. The van der Waals surface area contributed by atoms with Crippen LogP contribution >= 0.6 is 0 Å². The number of allylic oxidation sites excluding steroid dienone is 2. The molecule has 1 nitrogen and oxygen atoms in total. The molecule has 11 heavy (non-hydrogen) atoms. The Kier molecular flexibility index (Phi) is 4.84. The van der Waals surface area contributed by atoms with Crippen LogP contribution in [-0.4, -0.2) is 5.71 Å². The van der Waals surface area contributed by atoms with Gasteiger partial charge in [0.05, 0.1) is 0 Å². The highest BCUT2D eigenvalue weighted by atomic mass is 14.8. The van der Waals surface area contributed by atoms with Crippen LogP contribution < -0.4 is 0 Å². The summed E-state index contributed by atoms with van der Waals surface area (Å²) in [5.74, 6) is 0.543. The first kappa shape index (κ1) is 10.4. The molecule has 1 heteroatoms. The lowest BCUT2D eigenvalue weighted by Crippen LogP contribution is -1.95. The molecular weight excluding hydrogens is 134 g/mol. The second-order valence-electron chi connectivity index (χ2n) is 3.07. The second-order valence-corrected chi connectivity index (χ2v) is 3.07. The Balaban J connectivity index is 4.32. The van der Waals surface area contributed by atoms with Gasteiger partial charge in [-0.05, 0) is 26.2 Å².